The molecular formula is C15H17F3N2O2. The van der Waals surface area contributed by atoms with Crippen molar-refractivity contribution in [3.63, 3.8) is 0 Å². The smallest absolute Gasteiger partial charge is 0.418 e. The molecule has 1 atom stereocenters. The van der Waals surface area contributed by atoms with Crippen molar-refractivity contribution in [2.75, 3.05) is 0 Å². The normalized spacial score (nSPS) is 13.8. The molecule has 3 N–H and O–H groups in total. The first kappa shape index (κ1) is 16.4. The fourth-order valence-corrected chi connectivity index (χ4v) is 2.90. The van der Waals surface area contributed by atoms with Gasteiger partial charge in [0.2, 0.25) is 0 Å². The summed E-state index contributed by atoms with van der Waals surface area (Å²) in [6, 6.07) is 2.12. The van der Waals surface area contributed by atoms with E-state index in [0.29, 0.717) is 5.69 Å². The van der Waals surface area contributed by atoms with Gasteiger partial charge in [-0.25, -0.2) is 0 Å². The molecule has 1 heterocycles. The van der Waals surface area contributed by atoms with Crippen LogP contribution < -0.4 is 5.73 Å². The molecule has 2 rings (SSSR count). The molecule has 0 radical (unpaired) electrons. The number of halogens is 3. The summed E-state index contributed by atoms with van der Waals surface area (Å²) in [7, 11) is 0. The van der Waals surface area contributed by atoms with Crippen LogP contribution in [0.25, 0.3) is 10.9 Å². The van der Waals surface area contributed by atoms with E-state index in [1.807, 2.05) is 0 Å². The van der Waals surface area contributed by atoms with Gasteiger partial charge in [0.25, 0.3) is 0 Å². The summed E-state index contributed by atoms with van der Waals surface area (Å²) in [4.78, 5) is 11.2. The lowest BCUT2D eigenvalue weighted by Gasteiger charge is -2.16. The van der Waals surface area contributed by atoms with Crippen LogP contribution in [0.15, 0.2) is 18.2 Å². The van der Waals surface area contributed by atoms with Crippen LogP contribution in [-0.2, 0) is 11.0 Å². The largest absolute Gasteiger partial charge is 0.480 e. The average molecular weight is 314 g/mol. The molecule has 0 aliphatic carbocycles. The zero-order valence-electron chi connectivity index (χ0n) is 12.4. The monoisotopic (exact) mass is 314 g/mol. The molecule has 1 aromatic heterocycles. The molecule has 0 saturated heterocycles. The molecule has 0 saturated carbocycles. The van der Waals surface area contributed by atoms with Crippen molar-refractivity contribution in [2.45, 2.75) is 39.0 Å². The van der Waals surface area contributed by atoms with E-state index in [1.54, 1.807) is 20.8 Å². The van der Waals surface area contributed by atoms with Crippen LogP contribution in [-0.4, -0.2) is 15.6 Å². The van der Waals surface area contributed by atoms with Crippen LogP contribution >= 0.6 is 0 Å². The van der Waals surface area contributed by atoms with Gasteiger partial charge >= 0.3 is 12.1 Å². The summed E-state index contributed by atoms with van der Waals surface area (Å²) >= 11 is 0. The van der Waals surface area contributed by atoms with E-state index in [1.165, 1.54) is 16.7 Å². The average Bonchev–Trinajstić information content (AvgIpc) is 2.68. The topological polar surface area (TPSA) is 68.2 Å². The van der Waals surface area contributed by atoms with Gasteiger partial charge in [0.15, 0.2) is 0 Å². The van der Waals surface area contributed by atoms with Crippen LogP contribution in [0.2, 0.25) is 0 Å². The molecule has 120 valence electrons. The SMILES string of the molecule is Cc1c(C(N)C(=O)O)c2cccc(C(F)(F)F)c2n1C(C)C. The van der Waals surface area contributed by atoms with Gasteiger partial charge in [-0.05, 0) is 26.8 Å². The molecule has 0 aliphatic heterocycles. The zero-order chi connectivity index (χ0) is 16.8. The first-order chi connectivity index (χ1) is 10.1. The number of carboxylic acid groups (broad SMARTS) is 1. The third kappa shape index (κ3) is 2.45. The summed E-state index contributed by atoms with van der Waals surface area (Å²) in [6.45, 7) is 5.09. The number of carbonyl (C=O) groups is 1. The minimum atomic E-state index is -4.53. The second-order valence-corrected chi connectivity index (χ2v) is 5.48. The second kappa shape index (κ2) is 5.31. The van der Waals surface area contributed by atoms with Gasteiger partial charge in [-0.3, -0.25) is 4.79 Å². The third-order valence-corrected chi connectivity index (χ3v) is 3.72. The fourth-order valence-electron chi connectivity index (χ4n) is 2.90. The van der Waals surface area contributed by atoms with Gasteiger partial charge in [-0.15, -0.1) is 0 Å². The van der Waals surface area contributed by atoms with E-state index in [0.717, 1.165) is 6.07 Å². The maximum Gasteiger partial charge on any atom is 0.418 e. The Morgan fingerprint density at radius 1 is 1.32 bits per heavy atom. The van der Waals surface area contributed by atoms with Crippen molar-refractivity contribution in [3.8, 4) is 0 Å². The standard InChI is InChI=1S/C15H17F3N2O2/c1-7(2)20-8(3)11(12(19)14(21)22)9-5-4-6-10(13(9)20)15(16,17)18/h4-7,12H,19H2,1-3H3,(H,21,22). The molecule has 22 heavy (non-hydrogen) atoms. The molecule has 0 amide bonds. The number of benzene rings is 1. The van der Waals surface area contributed by atoms with Crippen LogP contribution in [0, 0.1) is 6.92 Å². The summed E-state index contributed by atoms with van der Waals surface area (Å²) in [5, 5.41) is 9.37. The predicted molar refractivity (Wildman–Crippen MR) is 76.6 cm³/mol. The highest BCUT2D eigenvalue weighted by Gasteiger charge is 2.36. The van der Waals surface area contributed by atoms with Crippen molar-refractivity contribution in [1.82, 2.24) is 4.57 Å². The summed E-state index contributed by atoms with van der Waals surface area (Å²) in [5.41, 5.74) is 5.54. The van der Waals surface area contributed by atoms with Gasteiger partial charge in [0, 0.05) is 22.7 Å². The first-order valence-electron chi connectivity index (χ1n) is 6.76. The number of para-hydroxylation sites is 1. The van der Waals surface area contributed by atoms with Gasteiger partial charge in [-0.2, -0.15) is 13.2 Å². The summed E-state index contributed by atoms with van der Waals surface area (Å²) < 4.78 is 41.4. The Morgan fingerprint density at radius 3 is 2.36 bits per heavy atom. The van der Waals surface area contributed by atoms with Crippen molar-refractivity contribution >= 4 is 16.9 Å². The summed E-state index contributed by atoms with van der Waals surface area (Å²) in [5.74, 6) is -1.27. The van der Waals surface area contributed by atoms with Crippen molar-refractivity contribution < 1.29 is 23.1 Å². The number of carboxylic acids is 1. The molecule has 7 heteroatoms. The molecule has 0 bridgehead atoms. The molecular weight excluding hydrogens is 297 g/mol. The number of hydrogen-bond donors (Lipinski definition) is 2. The van der Waals surface area contributed by atoms with Crippen LogP contribution in [0.3, 0.4) is 0 Å². The number of hydrogen-bond acceptors (Lipinski definition) is 2. The Balaban J connectivity index is 2.97. The van der Waals surface area contributed by atoms with Gasteiger partial charge in [-0.1, -0.05) is 12.1 Å². The molecule has 4 nitrogen and oxygen atoms in total. The number of alkyl halides is 3. The Morgan fingerprint density at radius 2 is 1.91 bits per heavy atom. The molecule has 0 spiro atoms. The lowest BCUT2D eigenvalue weighted by Crippen LogP contribution is -2.21. The Labute approximate surface area is 125 Å². The lowest BCUT2D eigenvalue weighted by atomic mass is 10.0. The number of aliphatic carboxylic acids is 1. The first-order valence-corrected chi connectivity index (χ1v) is 6.76. The maximum absolute atomic E-state index is 13.3. The van der Waals surface area contributed by atoms with Gasteiger partial charge < -0.3 is 15.4 Å². The van der Waals surface area contributed by atoms with E-state index in [4.69, 9.17) is 10.8 Å². The van der Waals surface area contributed by atoms with Crippen molar-refractivity contribution in [1.29, 1.82) is 0 Å². The Kier molecular flexibility index (Phi) is 3.95. The Bertz CT molecular complexity index is 732. The number of nitrogens with zero attached hydrogens (tertiary/aromatic N) is 1. The van der Waals surface area contributed by atoms with E-state index in [-0.39, 0.29) is 22.5 Å². The van der Waals surface area contributed by atoms with Crippen molar-refractivity contribution in [2.24, 2.45) is 5.73 Å². The second-order valence-electron chi connectivity index (χ2n) is 5.48. The molecule has 1 aromatic carbocycles. The van der Waals surface area contributed by atoms with Crippen molar-refractivity contribution in [3.05, 3.63) is 35.0 Å². The van der Waals surface area contributed by atoms with Crippen LogP contribution in [0.4, 0.5) is 13.2 Å². The minimum Gasteiger partial charge on any atom is -0.480 e. The molecule has 2 aromatic rings. The van der Waals surface area contributed by atoms with E-state index in [2.05, 4.69) is 0 Å². The van der Waals surface area contributed by atoms with E-state index < -0.39 is 23.8 Å². The zero-order valence-corrected chi connectivity index (χ0v) is 12.4. The third-order valence-electron chi connectivity index (χ3n) is 3.72. The number of fused-ring (bicyclic) bond motifs is 1. The molecule has 0 aliphatic rings. The summed E-state index contributed by atoms with van der Waals surface area (Å²) in [6.07, 6.45) is -4.53. The highest BCUT2D eigenvalue weighted by Crippen LogP contribution is 2.40. The number of aromatic nitrogens is 1. The quantitative estimate of drug-likeness (QED) is 0.909. The van der Waals surface area contributed by atoms with E-state index in [9.17, 15) is 18.0 Å². The van der Waals surface area contributed by atoms with Crippen LogP contribution in [0.5, 0.6) is 0 Å². The lowest BCUT2D eigenvalue weighted by molar-refractivity contribution is -0.138. The Hall–Kier alpha value is -2.02. The maximum atomic E-state index is 13.3. The number of rotatable bonds is 3. The molecule has 0 fully saturated rings. The fraction of sp³-hybridized carbons (Fsp3) is 0.400. The predicted octanol–water partition coefficient (Wildman–Crippen LogP) is 3.63. The highest BCUT2D eigenvalue weighted by atomic mass is 19.4. The van der Waals surface area contributed by atoms with Crippen LogP contribution in [0.1, 0.15) is 42.8 Å². The molecule has 1 unspecified atom stereocenters. The van der Waals surface area contributed by atoms with Gasteiger partial charge in [0.05, 0.1) is 11.1 Å². The van der Waals surface area contributed by atoms with E-state index >= 15 is 0 Å². The van der Waals surface area contributed by atoms with Gasteiger partial charge in [0.1, 0.15) is 6.04 Å². The number of nitrogens with two attached hydrogens (primary N) is 1. The minimum absolute atomic E-state index is 0.0193. The highest BCUT2D eigenvalue weighted by molar-refractivity contribution is 5.93.